The summed E-state index contributed by atoms with van der Waals surface area (Å²) in [6.45, 7) is 8.38. The van der Waals surface area contributed by atoms with Gasteiger partial charge in [0.2, 0.25) is 11.8 Å². The van der Waals surface area contributed by atoms with Gasteiger partial charge in [0.15, 0.2) is 0 Å². The predicted octanol–water partition coefficient (Wildman–Crippen LogP) is 1.79. The molecule has 0 radical (unpaired) electrons. The van der Waals surface area contributed by atoms with Gasteiger partial charge < -0.3 is 9.52 Å². The summed E-state index contributed by atoms with van der Waals surface area (Å²) < 4.78 is 5.62. The van der Waals surface area contributed by atoms with Crippen LogP contribution in [0.4, 0.5) is 0 Å². The highest BCUT2D eigenvalue weighted by Crippen LogP contribution is 2.33. The van der Waals surface area contributed by atoms with Crippen LogP contribution >= 0.6 is 0 Å². The summed E-state index contributed by atoms with van der Waals surface area (Å²) in [7, 11) is 0. The second kappa shape index (κ2) is 5.36. The smallest absolute Gasteiger partial charge is 0.233 e. The van der Waals surface area contributed by atoms with Crippen LogP contribution in [0.25, 0.3) is 0 Å². The number of aromatic nitrogens is 2. The molecule has 0 amide bonds. The Morgan fingerprint density at radius 1 is 1.50 bits per heavy atom. The monoisotopic (exact) mass is 253 g/mol. The minimum Gasteiger partial charge on any atom is -0.424 e. The lowest BCUT2D eigenvalue weighted by Gasteiger charge is -2.41. The molecule has 1 fully saturated rings. The highest BCUT2D eigenvalue weighted by molar-refractivity contribution is 4.93. The van der Waals surface area contributed by atoms with Crippen molar-refractivity contribution in [3.05, 3.63) is 11.8 Å². The van der Waals surface area contributed by atoms with E-state index >= 15 is 0 Å². The van der Waals surface area contributed by atoms with Crippen LogP contribution in [0.15, 0.2) is 4.42 Å². The first-order valence-corrected chi connectivity index (χ1v) is 6.75. The molecule has 1 N–H and O–H groups in total. The normalized spacial score (nSPS) is 27.3. The fourth-order valence-electron chi connectivity index (χ4n) is 2.55. The van der Waals surface area contributed by atoms with Crippen LogP contribution in [0, 0.1) is 5.41 Å². The number of piperidine rings is 1. The topological polar surface area (TPSA) is 62.4 Å². The van der Waals surface area contributed by atoms with Gasteiger partial charge in [0, 0.05) is 25.0 Å². The third kappa shape index (κ3) is 2.72. The van der Waals surface area contributed by atoms with Gasteiger partial charge in [0.05, 0.1) is 6.04 Å². The van der Waals surface area contributed by atoms with E-state index in [1.54, 1.807) is 0 Å². The Morgan fingerprint density at radius 2 is 2.28 bits per heavy atom. The number of hydrogen-bond donors (Lipinski definition) is 1. The Labute approximate surface area is 108 Å². The average molecular weight is 253 g/mol. The molecule has 1 aromatic rings. The molecule has 1 aromatic heterocycles. The van der Waals surface area contributed by atoms with Crippen LogP contribution in [-0.2, 0) is 6.42 Å². The molecule has 18 heavy (non-hydrogen) atoms. The Balaban J connectivity index is 2.06. The zero-order valence-corrected chi connectivity index (χ0v) is 11.5. The number of aliphatic hydroxyl groups excluding tert-OH is 1. The zero-order valence-electron chi connectivity index (χ0n) is 11.5. The summed E-state index contributed by atoms with van der Waals surface area (Å²) in [6, 6.07) is 0.129. The Morgan fingerprint density at radius 3 is 2.89 bits per heavy atom. The summed E-state index contributed by atoms with van der Waals surface area (Å²) in [5.41, 5.74) is 0.000117. The van der Waals surface area contributed by atoms with Gasteiger partial charge in [-0.15, -0.1) is 10.2 Å². The number of hydrogen-bond acceptors (Lipinski definition) is 5. The van der Waals surface area contributed by atoms with Crippen molar-refractivity contribution in [1.29, 1.82) is 0 Å². The minimum atomic E-state index is 0.000117. The predicted molar refractivity (Wildman–Crippen MR) is 68.1 cm³/mol. The van der Waals surface area contributed by atoms with E-state index in [2.05, 4.69) is 28.9 Å². The van der Waals surface area contributed by atoms with E-state index in [9.17, 15) is 5.11 Å². The Hall–Kier alpha value is -0.940. The molecule has 0 aliphatic carbocycles. The van der Waals surface area contributed by atoms with E-state index in [1.165, 1.54) is 0 Å². The molecule has 0 bridgehead atoms. The minimum absolute atomic E-state index is 0.000117. The molecule has 0 saturated carbocycles. The van der Waals surface area contributed by atoms with E-state index in [4.69, 9.17) is 4.42 Å². The summed E-state index contributed by atoms with van der Waals surface area (Å²) in [4.78, 5) is 2.33. The molecule has 2 rings (SSSR count). The highest BCUT2D eigenvalue weighted by Gasteiger charge is 2.34. The number of aryl methyl sites for hydroxylation is 1. The van der Waals surface area contributed by atoms with Gasteiger partial charge in [-0.3, -0.25) is 4.90 Å². The summed E-state index contributed by atoms with van der Waals surface area (Å²) in [5.74, 6) is 1.38. The van der Waals surface area contributed by atoms with Crippen molar-refractivity contribution in [3.63, 3.8) is 0 Å². The maximum Gasteiger partial charge on any atom is 0.233 e. The fraction of sp³-hybridized carbons (Fsp3) is 0.846. The molecule has 1 aliphatic heterocycles. The maximum atomic E-state index is 9.48. The van der Waals surface area contributed by atoms with E-state index in [-0.39, 0.29) is 18.1 Å². The van der Waals surface area contributed by atoms with Crippen LogP contribution in [-0.4, -0.2) is 39.9 Å². The largest absolute Gasteiger partial charge is 0.424 e. The molecule has 0 spiro atoms. The van der Waals surface area contributed by atoms with Crippen molar-refractivity contribution in [3.8, 4) is 0 Å². The van der Waals surface area contributed by atoms with Crippen LogP contribution in [0.2, 0.25) is 0 Å². The van der Waals surface area contributed by atoms with Crippen molar-refractivity contribution >= 4 is 0 Å². The van der Waals surface area contributed by atoms with Gasteiger partial charge in [-0.25, -0.2) is 0 Å². The fourth-order valence-corrected chi connectivity index (χ4v) is 2.55. The molecule has 2 unspecified atom stereocenters. The van der Waals surface area contributed by atoms with E-state index in [1.807, 2.05) is 6.92 Å². The van der Waals surface area contributed by atoms with Crippen molar-refractivity contribution in [2.45, 2.75) is 46.1 Å². The quantitative estimate of drug-likeness (QED) is 0.886. The highest BCUT2D eigenvalue weighted by atomic mass is 16.4. The molecule has 1 aliphatic rings. The van der Waals surface area contributed by atoms with E-state index < -0.39 is 0 Å². The first-order valence-electron chi connectivity index (χ1n) is 6.75. The summed E-state index contributed by atoms with van der Waals surface area (Å²) in [6.07, 6.45) is 2.96. The maximum absolute atomic E-state index is 9.48. The van der Waals surface area contributed by atoms with E-state index in [0.29, 0.717) is 11.8 Å². The molecule has 2 heterocycles. The molecule has 5 nitrogen and oxygen atoms in total. The SMILES string of the molecule is CCc1nnc(C(C)N2CCCC(C)(CO)C2)o1. The third-order valence-electron chi connectivity index (χ3n) is 3.88. The van der Waals surface area contributed by atoms with Crippen molar-refractivity contribution in [1.82, 2.24) is 15.1 Å². The van der Waals surface area contributed by atoms with Gasteiger partial charge >= 0.3 is 0 Å². The van der Waals surface area contributed by atoms with E-state index in [0.717, 1.165) is 32.4 Å². The van der Waals surface area contributed by atoms with Gasteiger partial charge in [-0.05, 0) is 26.3 Å². The lowest BCUT2D eigenvalue weighted by atomic mass is 9.82. The lowest BCUT2D eigenvalue weighted by molar-refractivity contribution is 0.0222. The summed E-state index contributed by atoms with van der Waals surface area (Å²) in [5, 5.41) is 17.6. The molecule has 102 valence electrons. The van der Waals surface area contributed by atoms with Gasteiger partial charge in [0.1, 0.15) is 0 Å². The Kier molecular flexibility index (Phi) is 4.02. The van der Waals surface area contributed by atoms with Crippen LogP contribution < -0.4 is 0 Å². The number of likely N-dealkylation sites (tertiary alicyclic amines) is 1. The summed E-state index contributed by atoms with van der Waals surface area (Å²) >= 11 is 0. The first kappa shape index (κ1) is 13.5. The van der Waals surface area contributed by atoms with Crippen LogP contribution in [0.5, 0.6) is 0 Å². The van der Waals surface area contributed by atoms with Crippen molar-refractivity contribution in [2.24, 2.45) is 5.41 Å². The van der Waals surface area contributed by atoms with Gasteiger partial charge in [-0.2, -0.15) is 0 Å². The third-order valence-corrected chi connectivity index (χ3v) is 3.88. The van der Waals surface area contributed by atoms with Crippen LogP contribution in [0.1, 0.15) is 51.4 Å². The number of rotatable bonds is 4. The number of nitrogens with zero attached hydrogens (tertiary/aromatic N) is 3. The molecular weight excluding hydrogens is 230 g/mol. The zero-order chi connectivity index (χ0) is 13.2. The molecule has 5 heteroatoms. The second-order valence-electron chi connectivity index (χ2n) is 5.61. The standard InChI is InChI=1S/C13H23N3O2/c1-4-11-14-15-12(18-11)10(2)16-7-5-6-13(3,8-16)9-17/h10,17H,4-9H2,1-3H3. The lowest BCUT2D eigenvalue weighted by Crippen LogP contribution is -2.44. The molecule has 2 atom stereocenters. The second-order valence-corrected chi connectivity index (χ2v) is 5.61. The molecule has 0 aromatic carbocycles. The van der Waals surface area contributed by atoms with Crippen molar-refractivity contribution in [2.75, 3.05) is 19.7 Å². The van der Waals surface area contributed by atoms with Crippen molar-refractivity contribution < 1.29 is 9.52 Å². The molecule has 1 saturated heterocycles. The van der Waals surface area contributed by atoms with Gasteiger partial charge in [-0.1, -0.05) is 13.8 Å². The Bertz CT molecular complexity index is 393. The molecular formula is C13H23N3O2. The first-order chi connectivity index (χ1) is 8.58. The van der Waals surface area contributed by atoms with Gasteiger partial charge in [0.25, 0.3) is 0 Å². The number of aliphatic hydroxyl groups is 1. The average Bonchev–Trinajstić information content (AvgIpc) is 2.86. The van der Waals surface area contributed by atoms with Crippen LogP contribution in [0.3, 0.4) is 0 Å².